The normalized spacial score (nSPS) is 11.0. The van der Waals surface area contributed by atoms with Crippen LogP contribution in [0.15, 0.2) is 24.3 Å². The predicted molar refractivity (Wildman–Crippen MR) is 78.0 cm³/mol. The van der Waals surface area contributed by atoms with Gasteiger partial charge in [-0.1, -0.05) is 23.7 Å². The maximum atomic E-state index is 11.9. The molecule has 0 saturated heterocycles. The number of amides is 2. The van der Waals surface area contributed by atoms with Crippen LogP contribution >= 0.6 is 11.6 Å². The Morgan fingerprint density at radius 3 is 2.35 bits per heavy atom. The predicted octanol–water partition coefficient (Wildman–Crippen LogP) is 2.39. The summed E-state index contributed by atoms with van der Waals surface area (Å²) in [6.07, 6.45) is 0.657. The summed E-state index contributed by atoms with van der Waals surface area (Å²) in [6, 6.07) is 6.95. The fraction of sp³-hybridized carbons (Fsp3) is 0.429. The fourth-order valence-electron chi connectivity index (χ4n) is 1.48. The molecule has 0 bridgehead atoms. The van der Waals surface area contributed by atoms with Crippen molar-refractivity contribution >= 4 is 23.6 Å². The lowest BCUT2D eigenvalue weighted by atomic mass is 10.1. The molecule has 0 aromatic heterocycles. The van der Waals surface area contributed by atoms with E-state index in [0.29, 0.717) is 18.0 Å². The van der Waals surface area contributed by atoms with E-state index in [9.17, 15) is 9.59 Å². The lowest BCUT2D eigenvalue weighted by molar-refractivity contribution is -0.146. The average Bonchev–Trinajstić information content (AvgIpc) is 2.39. The van der Waals surface area contributed by atoms with Gasteiger partial charge in [0.05, 0.1) is 0 Å². The van der Waals surface area contributed by atoms with Gasteiger partial charge in [-0.05, 0) is 38.0 Å². The number of halogens is 1. The molecule has 0 aliphatic rings. The minimum absolute atomic E-state index is 0.411. The maximum absolute atomic E-state index is 11.9. The molecule has 20 heavy (non-hydrogen) atoms. The van der Waals surface area contributed by atoms with Crippen molar-refractivity contribution in [1.82, 2.24) is 10.2 Å². The first-order valence-electron chi connectivity index (χ1n) is 6.24. The van der Waals surface area contributed by atoms with Gasteiger partial charge in [-0.25, -0.2) is 9.59 Å². The van der Waals surface area contributed by atoms with Crippen LogP contribution in [0.2, 0.25) is 5.02 Å². The molecule has 2 amide bonds. The molecule has 1 rings (SSSR count). The van der Waals surface area contributed by atoms with E-state index in [1.54, 1.807) is 12.1 Å². The number of likely N-dealkylation sites (N-methyl/N-ethyl adjacent to an activating group) is 1. The second kappa shape index (κ2) is 6.61. The summed E-state index contributed by atoms with van der Waals surface area (Å²) in [5.41, 5.74) is -0.195. The zero-order valence-corrected chi connectivity index (χ0v) is 12.6. The molecule has 0 spiro atoms. The number of aliphatic carboxylic acids is 1. The van der Waals surface area contributed by atoms with E-state index in [2.05, 4.69) is 5.32 Å². The minimum Gasteiger partial charge on any atom is -0.480 e. The average molecular weight is 299 g/mol. The highest BCUT2D eigenvalue weighted by molar-refractivity contribution is 6.30. The number of urea groups is 1. The zero-order valence-electron chi connectivity index (χ0n) is 11.8. The molecule has 0 unspecified atom stereocenters. The highest BCUT2D eigenvalue weighted by Crippen LogP contribution is 2.12. The highest BCUT2D eigenvalue weighted by Gasteiger charge is 2.34. The Balaban J connectivity index is 2.47. The van der Waals surface area contributed by atoms with Crippen LogP contribution in [-0.4, -0.2) is 41.1 Å². The van der Waals surface area contributed by atoms with E-state index in [0.717, 1.165) is 5.56 Å². The topological polar surface area (TPSA) is 69.6 Å². The van der Waals surface area contributed by atoms with Crippen molar-refractivity contribution in [1.29, 1.82) is 0 Å². The van der Waals surface area contributed by atoms with Crippen molar-refractivity contribution in [3.63, 3.8) is 0 Å². The van der Waals surface area contributed by atoms with Crippen LogP contribution in [0.5, 0.6) is 0 Å². The molecule has 0 aliphatic carbocycles. The van der Waals surface area contributed by atoms with Gasteiger partial charge in [0.25, 0.3) is 0 Å². The number of benzene rings is 1. The Kier molecular flexibility index (Phi) is 5.39. The first-order valence-corrected chi connectivity index (χ1v) is 6.62. The van der Waals surface area contributed by atoms with Gasteiger partial charge in [-0.3, -0.25) is 0 Å². The molecule has 0 fully saturated rings. The van der Waals surface area contributed by atoms with Crippen LogP contribution in [0.1, 0.15) is 19.4 Å². The summed E-state index contributed by atoms with van der Waals surface area (Å²) >= 11 is 5.79. The van der Waals surface area contributed by atoms with Gasteiger partial charge in [0, 0.05) is 18.6 Å². The Hall–Kier alpha value is -1.75. The largest absolute Gasteiger partial charge is 0.480 e. The molecule has 0 saturated carbocycles. The summed E-state index contributed by atoms with van der Waals surface area (Å²) in [4.78, 5) is 24.1. The van der Waals surface area contributed by atoms with Crippen molar-refractivity contribution < 1.29 is 14.7 Å². The van der Waals surface area contributed by atoms with Crippen LogP contribution in [0, 0.1) is 0 Å². The number of nitrogens with zero attached hydrogens (tertiary/aromatic N) is 1. The molecule has 0 atom stereocenters. The number of carboxylic acids is 1. The molecule has 0 aliphatic heterocycles. The van der Waals surface area contributed by atoms with E-state index < -0.39 is 17.5 Å². The molecule has 0 radical (unpaired) electrons. The van der Waals surface area contributed by atoms with Crippen molar-refractivity contribution in [3.8, 4) is 0 Å². The summed E-state index contributed by atoms with van der Waals surface area (Å²) < 4.78 is 0. The molecular formula is C14H19ClN2O3. The molecule has 1 aromatic rings. The molecule has 110 valence electrons. The van der Waals surface area contributed by atoms with Gasteiger partial charge in [-0.15, -0.1) is 0 Å². The number of hydrogen-bond donors (Lipinski definition) is 2. The van der Waals surface area contributed by atoms with E-state index in [1.807, 2.05) is 12.1 Å². The minimum atomic E-state index is -1.25. The first kappa shape index (κ1) is 16.3. The first-order chi connectivity index (χ1) is 9.25. The smallest absolute Gasteiger partial charge is 0.329 e. The second-order valence-electron chi connectivity index (χ2n) is 5.03. The number of carbonyl (C=O) groups excluding carboxylic acids is 1. The third kappa shape index (κ3) is 4.13. The van der Waals surface area contributed by atoms with Crippen LogP contribution in [0.4, 0.5) is 4.79 Å². The van der Waals surface area contributed by atoms with Crippen molar-refractivity contribution in [3.05, 3.63) is 34.9 Å². The van der Waals surface area contributed by atoms with Gasteiger partial charge >= 0.3 is 12.0 Å². The summed E-state index contributed by atoms with van der Waals surface area (Å²) in [5.74, 6) is -1.05. The van der Waals surface area contributed by atoms with E-state index in [1.165, 1.54) is 25.8 Å². The fourth-order valence-corrected chi connectivity index (χ4v) is 1.61. The van der Waals surface area contributed by atoms with Gasteiger partial charge in [0.2, 0.25) is 0 Å². The van der Waals surface area contributed by atoms with Gasteiger partial charge < -0.3 is 15.3 Å². The lowest BCUT2D eigenvalue weighted by Crippen LogP contribution is -2.54. The second-order valence-corrected chi connectivity index (χ2v) is 5.47. The number of carbonyl (C=O) groups is 2. The third-order valence-corrected chi connectivity index (χ3v) is 3.52. The molecule has 6 heteroatoms. The summed E-state index contributed by atoms with van der Waals surface area (Å²) in [7, 11) is 1.46. The molecule has 2 N–H and O–H groups in total. The number of hydrogen-bond acceptors (Lipinski definition) is 2. The Labute approximate surface area is 123 Å². The number of rotatable bonds is 5. The molecule has 5 nitrogen and oxygen atoms in total. The van der Waals surface area contributed by atoms with Crippen molar-refractivity contribution in [2.75, 3.05) is 13.6 Å². The van der Waals surface area contributed by atoms with E-state index in [4.69, 9.17) is 16.7 Å². The van der Waals surface area contributed by atoms with Crippen molar-refractivity contribution in [2.45, 2.75) is 25.8 Å². The van der Waals surface area contributed by atoms with E-state index in [-0.39, 0.29) is 0 Å². The monoisotopic (exact) mass is 298 g/mol. The third-order valence-electron chi connectivity index (χ3n) is 3.27. The van der Waals surface area contributed by atoms with Gasteiger partial charge in [0.15, 0.2) is 0 Å². The molecule has 1 aromatic carbocycles. The van der Waals surface area contributed by atoms with Crippen LogP contribution in [0.25, 0.3) is 0 Å². The van der Waals surface area contributed by atoms with Crippen LogP contribution in [-0.2, 0) is 11.2 Å². The Morgan fingerprint density at radius 1 is 1.30 bits per heavy atom. The Morgan fingerprint density at radius 2 is 1.85 bits per heavy atom. The SMILES string of the molecule is CN(C(=O)NCCc1ccc(Cl)cc1)C(C)(C)C(=O)O. The number of carboxylic acid groups (broad SMARTS) is 1. The quantitative estimate of drug-likeness (QED) is 0.877. The zero-order chi connectivity index (χ0) is 15.3. The number of nitrogens with one attached hydrogen (secondary N) is 1. The van der Waals surface area contributed by atoms with Crippen LogP contribution < -0.4 is 5.32 Å². The van der Waals surface area contributed by atoms with Gasteiger partial charge in [0.1, 0.15) is 5.54 Å². The van der Waals surface area contributed by atoms with Crippen molar-refractivity contribution in [2.24, 2.45) is 0 Å². The maximum Gasteiger partial charge on any atom is 0.329 e. The van der Waals surface area contributed by atoms with Gasteiger partial charge in [-0.2, -0.15) is 0 Å². The molecule has 0 heterocycles. The Bertz CT molecular complexity index is 486. The lowest BCUT2D eigenvalue weighted by Gasteiger charge is -2.31. The highest BCUT2D eigenvalue weighted by atomic mass is 35.5. The van der Waals surface area contributed by atoms with E-state index >= 15 is 0 Å². The summed E-state index contributed by atoms with van der Waals surface area (Å²) in [6.45, 7) is 3.39. The molecular weight excluding hydrogens is 280 g/mol. The standard InChI is InChI=1S/C14H19ClN2O3/c1-14(2,12(18)19)17(3)13(20)16-9-8-10-4-6-11(15)7-5-10/h4-7H,8-9H2,1-3H3,(H,16,20)(H,18,19). The van der Waals surface area contributed by atoms with Crippen LogP contribution in [0.3, 0.4) is 0 Å². The summed E-state index contributed by atoms with van der Waals surface area (Å²) in [5, 5.41) is 12.4.